The van der Waals surface area contributed by atoms with Crippen molar-refractivity contribution in [2.24, 2.45) is 0 Å². The molecule has 1 atom stereocenters. The Balaban J connectivity index is 5.66. The molecule has 0 aromatic rings. The van der Waals surface area contributed by atoms with E-state index in [-0.39, 0.29) is 0 Å². The van der Waals surface area contributed by atoms with E-state index in [0.29, 0.717) is 0 Å². The Morgan fingerprint density at radius 2 is 1.33 bits per heavy atom. The molecule has 0 aliphatic carbocycles. The van der Waals surface area contributed by atoms with E-state index in [1.807, 2.05) is 0 Å². The highest BCUT2D eigenvalue weighted by atomic mass is 79.9. The summed E-state index contributed by atoms with van der Waals surface area (Å²) in [5.74, 6) is -8.61. The molecule has 0 aromatic heterocycles. The molecule has 0 saturated heterocycles. The van der Waals surface area contributed by atoms with Gasteiger partial charge in [-0.2, -0.15) is 35.1 Å². The maximum absolute atomic E-state index is 13.6. The van der Waals surface area contributed by atoms with Gasteiger partial charge in [-0.25, -0.2) is 4.79 Å². The van der Waals surface area contributed by atoms with Gasteiger partial charge in [-0.15, -0.1) is 0 Å². The molecule has 13 heteroatoms. The van der Waals surface area contributed by atoms with Crippen molar-refractivity contribution in [3.8, 4) is 0 Å². The van der Waals surface area contributed by atoms with Gasteiger partial charge in [0.2, 0.25) is 8.32 Å². The first-order valence-corrected chi connectivity index (χ1v) is 9.17. The van der Waals surface area contributed by atoms with E-state index in [2.05, 4.69) is 9.16 Å². The molecule has 0 unspecified atom stereocenters. The van der Waals surface area contributed by atoms with Gasteiger partial charge in [-0.05, 0) is 19.6 Å². The summed E-state index contributed by atoms with van der Waals surface area (Å²) in [5, 5.41) is 0. The van der Waals surface area contributed by atoms with E-state index in [1.165, 1.54) is 0 Å². The second-order valence-electron chi connectivity index (χ2n) is 4.71. The van der Waals surface area contributed by atoms with Crippen molar-refractivity contribution >= 4 is 30.2 Å². The van der Waals surface area contributed by atoms with E-state index in [1.54, 1.807) is 0 Å². The standard InChI is InChI=1S/C8H9BrF8O3Si/c1-21(2,3)19-4(18)5(10,7(13,14)15)20-8(16,17)6(9,11)12/h1-3H3/t5-/m0/s1. The monoisotopic (exact) mass is 412 g/mol. The van der Waals surface area contributed by atoms with Crippen molar-refractivity contribution in [1.82, 2.24) is 0 Å². The Labute approximate surface area is 122 Å². The molecule has 21 heavy (non-hydrogen) atoms. The minimum atomic E-state index is -6.36. The third kappa shape index (κ3) is 5.05. The summed E-state index contributed by atoms with van der Waals surface area (Å²) in [4.78, 5) is 5.79. The van der Waals surface area contributed by atoms with Crippen LogP contribution in [-0.4, -0.2) is 37.3 Å². The third-order valence-corrected chi connectivity index (χ3v) is 2.88. The Kier molecular flexibility index (Phi) is 5.53. The lowest BCUT2D eigenvalue weighted by atomic mass is 10.3. The largest absolute Gasteiger partial charge is 0.515 e. The lowest BCUT2D eigenvalue weighted by Crippen LogP contribution is -2.58. The summed E-state index contributed by atoms with van der Waals surface area (Å²) >= 11 is 1.04. The van der Waals surface area contributed by atoms with E-state index >= 15 is 0 Å². The van der Waals surface area contributed by atoms with Crippen LogP contribution in [0.15, 0.2) is 0 Å². The number of carbonyl (C=O) groups excluding carboxylic acids is 1. The summed E-state index contributed by atoms with van der Waals surface area (Å²) < 4.78 is 108. The number of halogens is 9. The molecular formula is C8H9BrF8O3Si. The van der Waals surface area contributed by atoms with Gasteiger partial charge in [0.05, 0.1) is 0 Å². The van der Waals surface area contributed by atoms with Gasteiger partial charge in [0, 0.05) is 15.9 Å². The second-order valence-corrected chi connectivity index (χ2v) is 10.1. The fourth-order valence-electron chi connectivity index (χ4n) is 0.793. The highest BCUT2D eigenvalue weighted by molar-refractivity contribution is 9.10. The summed E-state index contributed by atoms with van der Waals surface area (Å²) in [6.45, 7) is 3.41. The van der Waals surface area contributed by atoms with Gasteiger partial charge in [-0.1, -0.05) is 0 Å². The molecule has 0 bridgehead atoms. The number of hydrogen-bond donors (Lipinski definition) is 0. The lowest BCUT2D eigenvalue weighted by Gasteiger charge is -2.32. The van der Waals surface area contributed by atoms with Crippen molar-refractivity contribution in [3.05, 3.63) is 0 Å². The molecule has 0 rings (SSSR count). The highest BCUT2D eigenvalue weighted by Gasteiger charge is 2.73. The van der Waals surface area contributed by atoms with E-state index < -0.39 is 37.3 Å². The molecule has 0 saturated carbocycles. The topological polar surface area (TPSA) is 35.5 Å². The van der Waals surface area contributed by atoms with Gasteiger partial charge in [-0.3, -0.25) is 4.74 Å². The predicted molar refractivity (Wildman–Crippen MR) is 59.2 cm³/mol. The van der Waals surface area contributed by atoms with Crippen molar-refractivity contribution in [1.29, 1.82) is 0 Å². The number of hydrogen-bond acceptors (Lipinski definition) is 3. The van der Waals surface area contributed by atoms with E-state index in [4.69, 9.17) is 0 Å². The number of alkyl halides is 9. The molecular weight excluding hydrogens is 404 g/mol. The first-order chi connectivity index (χ1) is 8.83. The van der Waals surface area contributed by atoms with Crippen LogP contribution in [0, 0.1) is 0 Å². The van der Waals surface area contributed by atoms with Gasteiger partial charge < -0.3 is 4.43 Å². The Morgan fingerprint density at radius 3 is 1.57 bits per heavy atom. The molecule has 0 spiro atoms. The fourth-order valence-corrected chi connectivity index (χ4v) is 1.56. The molecule has 0 fully saturated rings. The summed E-state index contributed by atoms with van der Waals surface area (Å²) in [7, 11) is -3.14. The maximum Gasteiger partial charge on any atom is 0.460 e. The normalized spacial score (nSPS) is 17.3. The van der Waals surface area contributed by atoms with Crippen LogP contribution in [0.1, 0.15) is 0 Å². The summed E-state index contributed by atoms with van der Waals surface area (Å²) in [5.41, 5.74) is 0. The van der Waals surface area contributed by atoms with Crippen molar-refractivity contribution in [2.45, 2.75) is 42.6 Å². The van der Waals surface area contributed by atoms with Gasteiger partial charge in [0.25, 0.3) is 0 Å². The first-order valence-electron chi connectivity index (χ1n) is 4.97. The lowest BCUT2D eigenvalue weighted by molar-refractivity contribution is -0.423. The average Bonchev–Trinajstić information content (AvgIpc) is 2.09. The van der Waals surface area contributed by atoms with Gasteiger partial charge >= 0.3 is 28.9 Å². The molecule has 0 aliphatic rings. The number of rotatable bonds is 5. The van der Waals surface area contributed by atoms with Crippen LogP contribution in [0.4, 0.5) is 35.1 Å². The molecule has 0 N–H and O–H groups in total. The SMILES string of the molecule is C[Si](C)(C)OC(=O)[C@](F)(OC(F)(F)C(F)(F)Br)C(F)(F)F. The third-order valence-electron chi connectivity index (χ3n) is 1.62. The molecule has 0 aromatic carbocycles. The van der Waals surface area contributed by atoms with Gasteiger partial charge in [0.1, 0.15) is 0 Å². The van der Waals surface area contributed by atoms with Gasteiger partial charge in [0.15, 0.2) is 0 Å². The Hall–Kier alpha value is -0.433. The average molecular weight is 413 g/mol. The minimum Gasteiger partial charge on any atom is -0.515 e. The second kappa shape index (κ2) is 5.65. The highest BCUT2D eigenvalue weighted by Crippen LogP contribution is 2.47. The molecule has 0 aliphatic heterocycles. The van der Waals surface area contributed by atoms with Crippen LogP contribution < -0.4 is 0 Å². The molecule has 0 radical (unpaired) electrons. The maximum atomic E-state index is 13.6. The molecule has 0 amide bonds. The minimum absolute atomic E-state index is 1.04. The molecule has 0 heterocycles. The van der Waals surface area contributed by atoms with Crippen molar-refractivity contribution < 1.29 is 49.1 Å². The van der Waals surface area contributed by atoms with Crippen LogP contribution >= 0.6 is 15.9 Å². The molecule has 126 valence electrons. The number of carbonyl (C=O) groups is 1. The number of ether oxygens (including phenoxy) is 1. The van der Waals surface area contributed by atoms with E-state index in [0.717, 1.165) is 35.6 Å². The summed E-state index contributed by atoms with van der Waals surface area (Å²) in [6.07, 6.45) is -12.3. The Morgan fingerprint density at radius 1 is 0.952 bits per heavy atom. The zero-order chi connectivity index (χ0) is 17.5. The van der Waals surface area contributed by atoms with Crippen LogP contribution in [0.3, 0.4) is 0 Å². The zero-order valence-electron chi connectivity index (χ0n) is 10.6. The van der Waals surface area contributed by atoms with Crippen molar-refractivity contribution in [3.63, 3.8) is 0 Å². The Bertz CT molecular complexity index is 402. The molecule has 3 nitrogen and oxygen atoms in total. The smallest absolute Gasteiger partial charge is 0.460 e. The zero-order valence-corrected chi connectivity index (χ0v) is 13.2. The van der Waals surface area contributed by atoms with Crippen LogP contribution in [0.5, 0.6) is 0 Å². The quantitative estimate of drug-likeness (QED) is 0.385. The van der Waals surface area contributed by atoms with Crippen molar-refractivity contribution in [2.75, 3.05) is 0 Å². The van der Waals surface area contributed by atoms with Crippen LogP contribution in [-0.2, 0) is 14.0 Å². The van der Waals surface area contributed by atoms with E-state index in [9.17, 15) is 39.9 Å². The summed E-state index contributed by atoms with van der Waals surface area (Å²) in [6, 6.07) is 0. The van der Waals surface area contributed by atoms with Crippen LogP contribution in [0.2, 0.25) is 19.6 Å². The van der Waals surface area contributed by atoms with Crippen LogP contribution in [0.25, 0.3) is 0 Å². The fraction of sp³-hybridized carbons (Fsp3) is 0.875. The first kappa shape index (κ1) is 20.6. The predicted octanol–water partition coefficient (Wildman–Crippen LogP) is 4.19.